The Balaban J connectivity index is 2.22. The van der Waals surface area contributed by atoms with Gasteiger partial charge >= 0.3 is 0 Å². The summed E-state index contributed by atoms with van der Waals surface area (Å²) in [5.41, 5.74) is 3.30. The third-order valence-corrected chi connectivity index (χ3v) is 4.26. The van der Waals surface area contributed by atoms with E-state index < -0.39 is 10.8 Å². The molecule has 1 aromatic rings. The average molecular weight is 253 g/mol. The van der Waals surface area contributed by atoms with E-state index in [1.807, 2.05) is 6.92 Å². The third-order valence-electron chi connectivity index (χ3n) is 2.99. The van der Waals surface area contributed by atoms with Crippen LogP contribution in [0.2, 0.25) is 0 Å². The summed E-state index contributed by atoms with van der Waals surface area (Å²) in [6, 6.07) is 0. The highest BCUT2D eigenvalue weighted by Crippen LogP contribution is 2.21. The Kier molecular flexibility index (Phi) is 3.99. The van der Waals surface area contributed by atoms with Gasteiger partial charge < -0.3 is 9.88 Å². The van der Waals surface area contributed by atoms with Gasteiger partial charge in [0.2, 0.25) is 0 Å². The summed E-state index contributed by atoms with van der Waals surface area (Å²) in [7, 11) is -0.631. The maximum absolute atomic E-state index is 11.4. The number of nitrogens with one attached hydrogen (secondary N) is 1. The molecule has 2 heterocycles. The van der Waals surface area contributed by atoms with Crippen LogP contribution in [0.5, 0.6) is 0 Å². The van der Waals surface area contributed by atoms with Crippen molar-refractivity contribution in [1.29, 1.82) is 0 Å². The summed E-state index contributed by atoms with van der Waals surface area (Å²) in [6.07, 6.45) is 4.93. The van der Waals surface area contributed by atoms with Crippen molar-refractivity contribution in [2.24, 2.45) is 0 Å². The zero-order chi connectivity index (χ0) is 12.3. The molecule has 94 valence electrons. The van der Waals surface area contributed by atoms with Gasteiger partial charge in [0.05, 0.1) is 12.0 Å². The fourth-order valence-corrected chi connectivity index (χ4v) is 3.12. The molecular formula is C12H19N3OS. The Bertz CT molecular complexity index is 429. The van der Waals surface area contributed by atoms with Crippen LogP contribution in [-0.4, -0.2) is 43.7 Å². The lowest BCUT2D eigenvalue weighted by atomic mass is 10.2. The summed E-state index contributed by atoms with van der Waals surface area (Å²) in [6.45, 7) is 5.90. The van der Waals surface area contributed by atoms with Crippen molar-refractivity contribution in [3.63, 3.8) is 0 Å². The van der Waals surface area contributed by atoms with Crippen LogP contribution in [-0.2, 0) is 10.8 Å². The van der Waals surface area contributed by atoms with Gasteiger partial charge in [-0.25, -0.2) is 4.98 Å². The average Bonchev–Trinajstić information content (AvgIpc) is 2.74. The molecule has 4 nitrogen and oxygen atoms in total. The summed E-state index contributed by atoms with van der Waals surface area (Å²) in [4.78, 5) is 9.80. The highest BCUT2D eigenvalue weighted by molar-refractivity contribution is 7.85. The minimum Gasteiger partial charge on any atom is -0.368 e. The van der Waals surface area contributed by atoms with Gasteiger partial charge in [0.15, 0.2) is 0 Å². The molecule has 1 aliphatic heterocycles. The second-order valence-corrected chi connectivity index (χ2v) is 5.91. The third kappa shape index (κ3) is 2.77. The van der Waals surface area contributed by atoms with Crippen molar-refractivity contribution < 1.29 is 4.21 Å². The van der Waals surface area contributed by atoms with Crippen molar-refractivity contribution in [3.8, 4) is 0 Å². The molecule has 1 N–H and O–H groups in total. The summed E-state index contributed by atoms with van der Waals surface area (Å²) in [5.74, 6) is 1.54. The number of allylic oxidation sites excluding steroid dienone is 1. The highest BCUT2D eigenvalue weighted by atomic mass is 32.2. The number of nitrogens with zero attached hydrogens (tertiary/aromatic N) is 2. The molecule has 0 aliphatic carbocycles. The van der Waals surface area contributed by atoms with Crippen molar-refractivity contribution >= 4 is 16.5 Å². The first-order valence-corrected chi connectivity index (χ1v) is 7.51. The first-order valence-electron chi connectivity index (χ1n) is 6.02. The number of hydrogen-bond donors (Lipinski definition) is 1. The van der Waals surface area contributed by atoms with E-state index in [0.29, 0.717) is 0 Å². The highest BCUT2D eigenvalue weighted by Gasteiger charge is 2.20. The molecule has 2 rings (SSSR count). The predicted octanol–water partition coefficient (Wildman–Crippen LogP) is 1.53. The molecule has 0 unspecified atom stereocenters. The molecule has 0 spiro atoms. The molecular weight excluding hydrogens is 234 g/mol. The minimum atomic E-state index is -0.631. The van der Waals surface area contributed by atoms with Crippen LogP contribution in [0.25, 0.3) is 5.70 Å². The molecule has 5 heteroatoms. The van der Waals surface area contributed by atoms with E-state index in [2.05, 4.69) is 27.9 Å². The van der Waals surface area contributed by atoms with E-state index in [-0.39, 0.29) is 0 Å². The lowest BCUT2D eigenvalue weighted by Gasteiger charge is -2.30. The molecule has 1 aromatic heterocycles. The van der Waals surface area contributed by atoms with E-state index in [1.54, 1.807) is 6.33 Å². The molecule has 0 amide bonds. The Hall–Kier alpha value is -1.10. The van der Waals surface area contributed by atoms with Crippen LogP contribution in [0.1, 0.15) is 24.7 Å². The number of aryl methyl sites for hydroxylation is 1. The lowest BCUT2D eigenvalue weighted by molar-refractivity contribution is 0.430. The molecule has 1 aliphatic rings. The fourth-order valence-electron chi connectivity index (χ4n) is 2.06. The summed E-state index contributed by atoms with van der Waals surface area (Å²) >= 11 is 0. The standard InChI is InChI=1S/C12H19N3OS/c1-3-4-11(12-10(2)13-9-14-12)15-5-7-17(16)8-6-15/h4,9H,3,5-8H2,1-2H3,(H,13,14)/b11-4+. The van der Waals surface area contributed by atoms with E-state index in [0.717, 1.165) is 42.4 Å². The monoisotopic (exact) mass is 253 g/mol. The summed E-state index contributed by atoms with van der Waals surface area (Å²) < 4.78 is 11.4. The smallest absolute Gasteiger partial charge is 0.107 e. The number of imidazole rings is 1. The normalized spacial score (nSPS) is 18.7. The molecule has 17 heavy (non-hydrogen) atoms. The molecule has 0 aromatic carbocycles. The van der Waals surface area contributed by atoms with Gasteiger partial charge in [-0.3, -0.25) is 4.21 Å². The van der Waals surface area contributed by atoms with Crippen molar-refractivity contribution in [2.75, 3.05) is 24.6 Å². The van der Waals surface area contributed by atoms with Crippen LogP contribution >= 0.6 is 0 Å². The Morgan fingerprint density at radius 3 is 2.82 bits per heavy atom. The topological polar surface area (TPSA) is 49.0 Å². The number of rotatable bonds is 3. The van der Waals surface area contributed by atoms with E-state index >= 15 is 0 Å². The molecule has 0 radical (unpaired) electrons. The lowest BCUT2D eigenvalue weighted by Crippen LogP contribution is -2.36. The molecule has 0 atom stereocenters. The second kappa shape index (κ2) is 5.49. The molecule has 1 saturated heterocycles. The zero-order valence-corrected chi connectivity index (χ0v) is 11.2. The minimum absolute atomic E-state index is 0.631. The SMILES string of the molecule is CC/C=C(\c1nc[nH]c1C)N1CCS(=O)CC1. The van der Waals surface area contributed by atoms with E-state index in [9.17, 15) is 4.21 Å². The van der Waals surface area contributed by atoms with Gasteiger partial charge in [-0.1, -0.05) is 13.0 Å². The van der Waals surface area contributed by atoms with Crippen LogP contribution in [0.3, 0.4) is 0 Å². The van der Waals surface area contributed by atoms with Crippen molar-refractivity contribution in [2.45, 2.75) is 20.3 Å². The van der Waals surface area contributed by atoms with Gasteiger partial charge in [-0.15, -0.1) is 0 Å². The first kappa shape index (κ1) is 12.4. The van der Waals surface area contributed by atoms with Crippen LogP contribution in [0.15, 0.2) is 12.4 Å². The Morgan fingerprint density at radius 1 is 1.59 bits per heavy atom. The maximum Gasteiger partial charge on any atom is 0.107 e. The van der Waals surface area contributed by atoms with Gasteiger partial charge in [-0.05, 0) is 13.3 Å². The van der Waals surface area contributed by atoms with Gasteiger partial charge in [-0.2, -0.15) is 0 Å². The molecule has 0 bridgehead atoms. The number of hydrogen-bond acceptors (Lipinski definition) is 3. The van der Waals surface area contributed by atoms with Crippen LogP contribution in [0, 0.1) is 6.92 Å². The van der Waals surface area contributed by atoms with Gasteiger partial charge in [0.1, 0.15) is 5.69 Å². The Morgan fingerprint density at radius 2 is 2.29 bits per heavy atom. The van der Waals surface area contributed by atoms with Crippen LogP contribution < -0.4 is 0 Å². The second-order valence-electron chi connectivity index (χ2n) is 4.21. The van der Waals surface area contributed by atoms with Crippen molar-refractivity contribution in [3.05, 3.63) is 23.8 Å². The quantitative estimate of drug-likeness (QED) is 0.889. The predicted molar refractivity (Wildman–Crippen MR) is 71.0 cm³/mol. The van der Waals surface area contributed by atoms with Crippen LogP contribution in [0.4, 0.5) is 0 Å². The maximum atomic E-state index is 11.4. The van der Waals surface area contributed by atoms with Gasteiger partial charge in [0, 0.05) is 41.1 Å². The number of aromatic nitrogens is 2. The fraction of sp³-hybridized carbons (Fsp3) is 0.583. The van der Waals surface area contributed by atoms with Crippen molar-refractivity contribution in [1.82, 2.24) is 14.9 Å². The largest absolute Gasteiger partial charge is 0.368 e. The number of aromatic amines is 1. The zero-order valence-electron chi connectivity index (χ0n) is 10.4. The Labute approximate surface area is 105 Å². The van der Waals surface area contributed by atoms with E-state index in [4.69, 9.17) is 0 Å². The molecule has 0 saturated carbocycles. The number of H-pyrrole nitrogens is 1. The van der Waals surface area contributed by atoms with E-state index in [1.165, 1.54) is 5.70 Å². The van der Waals surface area contributed by atoms with Gasteiger partial charge in [0.25, 0.3) is 0 Å². The molecule has 1 fully saturated rings. The first-order chi connectivity index (χ1) is 8.22. The summed E-state index contributed by atoms with van der Waals surface area (Å²) in [5, 5.41) is 0.